The number of nitro groups is 1. The third kappa shape index (κ3) is 6.02. The van der Waals surface area contributed by atoms with Crippen molar-refractivity contribution in [3.63, 3.8) is 0 Å². The van der Waals surface area contributed by atoms with Crippen LogP contribution in [-0.2, 0) is 16.1 Å². The number of nitrogens with one attached hydrogen (secondary N) is 1. The molecule has 0 aliphatic heterocycles. The van der Waals surface area contributed by atoms with Crippen molar-refractivity contribution in [1.29, 1.82) is 0 Å². The molecule has 0 heterocycles. The zero-order chi connectivity index (χ0) is 23.8. The first-order valence-electron chi connectivity index (χ1n) is 9.62. The van der Waals surface area contributed by atoms with Crippen LogP contribution in [0.25, 0.3) is 0 Å². The Bertz CT molecular complexity index is 981. The van der Waals surface area contributed by atoms with Gasteiger partial charge in [-0.15, -0.1) is 0 Å². The van der Waals surface area contributed by atoms with Gasteiger partial charge in [-0.25, -0.2) is 0 Å². The van der Waals surface area contributed by atoms with Gasteiger partial charge in [0.1, 0.15) is 11.8 Å². The first-order valence-corrected chi connectivity index (χ1v) is 10.4. The van der Waals surface area contributed by atoms with E-state index in [-0.39, 0.29) is 29.6 Å². The molecule has 0 aromatic heterocycles. The molecule has 1 atom stereocenters. The first kappa shape index (κ1) is 25.2. The van der Waals surface area contributed by atoms with Gasteiger partial charge >= 0.3 is 5.69 Å². The van der Waals surface area contributed by atoms with Crippen LogP contribution in [-0.4, -0.2) is 48.4 Å². The molecule has 0 spiro atoms. The van der Waals surface area contributed by atoms with E-state index in [0.29, 0.717) is 22.0 Å². The molecule has 0 radical (unpaired) electrons. The van der Waals surface area contributed by atoms with Gasteiger partial charge < -0.3 is 19.7 Å². The van der Waals surface area contributed by atoms with Gasteiger partial charge in [0, 0.05) is 41.3 Å². The van der Waals surface area contributed by atoms with E-state index < -0.39 is 23.5 Å². The molecule has 32 heavy (non-hydrogen) atoms. The quantitative estimate of drug-likeness (QED) is 0.405. The summed E-state index contributed by atoms with van der Waals surface area (Å²) >= 11 is 12.5. The zero-order valence-electron chi connectivity index (χ0n) is 17.8. The maximum atomic E-state index is 13.1. The van der Waals surface area contributed by atoms with E-state index in [1.807, 2.05) is 0 Å². The van der Waals surface area contributed by atoms with E-state index in [0.717, 1.165) is 0 Å². The first-order chi connectivity index (χ1) is 15.2. The molecule has 0 saturated heterocycles. The topological polar surface area (TPSA) is 111 Å². The van der Waals surface area contributed by atoms with Crippen molar-refractivity contribution in [3.05, 3.63) is 62.1 Å². The molecular formula is C21H23Cl2N3O6. The summed E-state index contributed by atoms with van der Waals surface area (Å²) in [6.45, 7) is 1.35. The second kappa shape index (κ2) is 11.5. The zero-order valence-corrected chi connectivity index (χ0v) is 19.3. The summed E-state index contributed by atoms with van der Waals surface area (Å²) < 4.78 is 10.6. The van der Waals surface area contributed by atoms with Gasteiger partial charge in [-0.05, 0) is 24.6 Å². The average molecular weight is 484 g/mol. The number of nitrogens with zero attached hydrogens (tertiary/aromatic N) is 2. The van der Waals surface area contributed by atoms with Crippen LogP contribution < -0.4 is 14.8 Å². The van der Waals surface area contributed by atoms with Crippen LogP contribution >= 0.6 is 23.2 Å². The largest absolute Gasteiger partial charge is 0.490 e. The third-order valence-corrected chi connectivity index (χ3v) is 5.44. The molecule has 0 fully saturated rings. The Kier molecular flexibility index (Phi) is 9.10. The minimum absolute atomic E-state index is 0.00329. The fraction of sp³-hybridized carbons (Fsp3) is 0.333. The van der Waals surface area contributed by atoms with Crippen LogP contribution in [0.1, 0.15) is 18.9 Å². The van der Waals surface area contributed by atoms with E-state index in [2.05, 4.69) is 5.32 Å². The number of hydrogen-bond donors (Lipinski definition) is 1. The van der Waals surface area contributed by atoms with Crippen LogP contribution in [0.4, 0.5) is 5.69 Å². The maximum Gasteiger partial charge on any atom is 0.311 e. The molecule has 0 saturated carbocycles. The summed E-state index contributed by atoms with van der Waals surface area (Å²) in [5, 5.41) is 14.3. The summed E-state index contributed by atoms with van der Waals surface area (Å²) in [5.41, 5.74) is 0.273. The average Bonchev–Trinajstić information content (AvgIpc) is 2.78. The van der Waals surface area contributed by atoms with Crippen molar-refractivity contribution in [2.45, 2.75) is 25.9 Å². The van der Waals surface area contributed by atoms with Crippen LogP contribution in [0.15, 0.2) is 36.4 Å². The van der Waals surface area contributed by atoms with Gasteiger partial charge in [0.05, 0.1) is 12.0 Å². The number of carbonyl (C=O) groups excluding carboxylic acids is 2. The van der Waals surface area contributed by atoms with Gasteiger partial charge in [-0.1, -0.05) is 36.2 Å². The van der Waals surface area contributed by atoms with E-state index in [1.54, 1.807) is 25.1 Å². The molecule has 172 valence electrons. The molecular weight excluding hydrogens is 461 g/mol. The SMILES string of the molecule is CCC(C(=O)NC)N(Cc1c(Cl)cccc1Cl)C(=O)COc1ccc([N+](=O)[O-])c(OC)c1. The number of methoxy groups -OCH3 is 1. The van der Waals surface area contributed by atoms with Crippen LogP contribution in [0.2, 0.25) is 10.0 Å². The molecule has 1 unspecified atom stereocenters. The molecule has 9 nitrogen and oxygen atoms in total. The van der Waals surface area contributed by atoms with Gasteiger partial charge in [0.2, 0.25) is 11.7 Å². The minimum atomic E-state index is -0.783. The Balaban J connectivity index is 2.28. The number of benzene rings is 2. The monoisotopic (exact) mass is 483 g/mol. The van der Waals surface area contributed by atoms with Crippen LogP contribution in [0.5, 0.6) is 11.5 Å². The molecule has 2 amide bonds. The summed E-state index contributed by atoms with van der Waals surface area (Å²) in [5.74, 6) is -0.643. The van der Waals surface area contributed by atoms with E-state index in [4.69, 9.17) is 32.7 Å². The van der Waals surface area contributed by atoms with Crippen molar-refractivity contribution in [2.24, 2.45) is 0 Å². The number of rotatable bonds is 10. The summed E-state index contributed by atoms with van der Waals surface area (Å²) in [7, 11) is 2.78. The molecule has 2 rings (SSSR count). The van der Waals surface area contributed by atoms with Crippen molar-refractivity contribution in [1.82, 2.24) is 10.2 Å². The van der Waals surface area contributed by atoms with Gasteiger partial charge in [-0.3, -0.25) is 19.7 Å². The lowest BCUT2D eigenvalue weighted by molar-refractivity contribution is -0.385. The van der Waals surface area contributed by atoms with Gasteiger partial charge in [-0.2, -0.15) is 0 Å². The Hall–Kier alpha value is -3.04. The normalized spacial score (nSPS) is 11.4. The van der Waals surface area contributed by atoms with Crippen molar-refractivity contribution in [3.8, 4) is 11.5 Å². The third-order valence-electron chi connectivity index (χ3n) is 4.73. The second-order valence-electron chi connectivity index (χ2n) is 6.64. The number of likely N-dealkylation sites (N-methyl/N-ethyl adjacent to an activating group) is 1. The van der Waals surface area contributed by atoms with Crippen molar-refractivity contribution >= 4 is 40.7 Å². The molecule has 1 N–H and O–H groups in total. The van der Waals surface area contributed by atoms with E-state index in [9.17, 15) is 19.7 Å². The fourth-order valence-electron chi connectivity index (χ4n) is 3.07. The summed E-state index contributed by atoms with van der Waals surface area (Å²) in [6.07, 6.45) is 0.346. The Morgan fingerprint density at radius 1 is 1.22 bits per heavy atom. The van der Waals surface area contributed by atoms with Crippen LogP contribution in [0, 0.1) is 10.1 Å². The predicted molar refractivity (Wildman–Crippen MR) is 120 cm³/mol. The molecule has 2 aromatic carbocycles. The highest BCUT2D eigenvalue weighted by molar-refractivity contribution is 6.36. The number of ether oxygens (including phenoxy) is 2. The summed E-state index contributed by atoms with van der Waals surface area (Å²) in [6, 6.07) is 8.09. The standard InChI is InChI=1S/C21H23Cl2N3O6/c1-4-17(21(28)24-2)25(11-14-15(22)6-5-7-16(14)23)20(27)12-32-13-8-9-18(26(29)30)19(10-13)31-3/h5-10,17H,4,11-12H2,1-3H3,(H,24,28). The second-order valence-corrected chi connectivity index (χ2v) is 7.45. The highest BCUT2D eigenvalue weighted by atomic mass is 35.5. The highest BCUT2D eigenvalue weighted by Gasteiger charge is 2.29. The fourth-order valence-corrected chi connectivity index (χ4v) is 3.58. The molecule has 0 bridgehead atoms. The predicted octanol–water partition coefficient (Wildman–Crippen LogP) is 3.84. The molecule has 0 aliphatic carbocycles. The van der Waals surface area contributed by atoms with Gasteiger partial charge in [0.25, 0.3) is 5.91 Å². The highest BCUT2D eigenvalue weighted by Crippen LogP contribution is 2.31. The lowest BCUT2D eigenvalue weighted by atomic mass is 10.1. The Labute approximate surface area is 195 Å². The molecule has 11 heteroatoms. The number of carbonyl (C=O) groups is 2. The molecule has 2 aromatic rings. The maximum absolute atomic E-state index is 13.1. The van der Waals surface area contributed by atoms with Crippen molar-refractivity contribution in [2.75, 3.05) is 20.8 Å². The van der Waals surface area contributed by atoms with E-state index in [1.165, 1.54) is 37.3 Å². The van der Waals surface area contributed by atoms with Gasteiger partial charge in [0.15, 0.2) is 6.61 Å². The van der Waals surface area contributed by atoms with E-state index >= 15 is 0 Å². The Morgan fingerprint density at radius 2 is 1.88 bits per heavy atom. The minimum Gasteiger partial charge on any atom is -0.490 e. The number of hydrogen-bond acceptors (Lipinski definition) is 6. The van der Waals surface area contributed by atoms with Crippen LogP contribution in [0.3, 0.4) is 0 Å². The lowest BCUT2D eigenvalue weighted by Crippen LogP contribution is -2.49. The summed E-state index contributed by atoms with van der Waals surface area (Å²) in [4.78, 5) is 37.3. The lowest BCUT2D eigenvalue weighted by Gasteiger charge is -2.30. The number of nitro benzene ring substituents is 1. The smallest absolute Gasteiger partial charge is 0.311 e. The van der Waals surface area contributed by atoms with Crippen molar-refractivity contribution < 1.29 is 24.0 Å². The Morgan fingerprint density at radius 3 is 2.41 bits per heavy atom. The molecule has 0 aliphatic rings. The number of halogens is 2. The number of amides is 2.